The van der Waals surface area contributed by atoms with Crippen molar-refractivity contribution >= 4 is 55.8 Å². The number of thiazole rings is 1. The molecule has 47 heavy (non-hydrogen) atoms. The lowest BCUT2D eigenvalue weighted by atomic mass is 9.91. The minimum absolute atomic E-state index is 0.0102. The van der Waals surface area contributed by atoms with Crippen LogP contribution in [0.15, 0.2) is 32.4 Å². The number of aliphatic hydroxyl groups excluding tert-OH is 1. The molecule has 20 nitrogen and oxygen atoms in total. The molecule has 2 amide bonds. The highest BCUT2D eigenvalue weighted by Crippen LogP contribution is 2.25. The Kier molecular flexibility index (Phi) is 9.50. The number of carbonyl (C=O) groups excluding carboxylic acids is 3. The van der Waals surface area contributed by atoms with Crippen molar-refractivity contribution in [3.63, 3.8) is 0 Å². The molecule has 1 saturated heterocycles. The second-order valence-electron chi connectivity index (χ2n) is 10.8. The minimum Gasteiger partial charge on any atom is -0.503 e. The van der Waals surface area contributed by atoms with Crippen molar-refractivity contribution < 1.29 is 47.8 Å². The number of nitrogen functional groups attached to an aromatic ring is 1. The van der Waals surface area contributed by atoms with E-state index in [2.05, 4.69) is 20.2 Å². The number of nitrogens with two attached hydrogens (primary N) is 1. The van der Waals surface area contributed by atoms with Crippen LogP contribution in [0.25, 0.3) is 11.5 Å². The molecule has 1 aliphatic rings. The van der Waals surface area contributed by atoms with E-state index in [4.69, 9.17) is 10.6 Å². The Hall–Kier alpha value is -5.22. The van der Waals surface area contributed by atoms with Gasteiger partial charge in [0.15, 0.2) is 34.0 Å². The van der Waals surface area contributed by atoms with Crippen molar-refractivity contribution in [3.05, 3.63) is 44.0 Å². The SMILES string of the molecule is C[C@H](CO)n1c(-c2cc(=O)c(O)c[nH]2)nn(S(=O)(=O)CC(=O)N2C[C@H](CC(=O)/C(=N\OC(C)(C)C(=O)O)c3csc(N)n3)C2=O)c1=O. The van der Waals surface area contributed by atoms with Crippen LogP contribution in [0, 0.1) is 5.92 Å². The summed E-state index contributed by atoms with van der Waals surface area (Å²) in [7, 11) is -4.88. The van der Waals surface area contributed by atoms with Crippen LogP contribution in [0.5, 0.6) is 5.75 Å². The number of amides is 2. The summed E-state index contributed by atoms with van der Waals surface area (Å²) >= 11 is 0.959. The van der Waals surface area contributed by atoms with Crippen molar-refractivity contribution in [3.8, 4) is 17.3 Å². The summed E-state index contributed by atoms with van der Waals surface area (Å²) in [6.45, 7) is 2.70. The first-order valence-corrected chi connectivity index (χ1v) is 15.9. The molecule has 0 aliphatic carbocycles. The van der Waals surface area contributed by atoms with Gasteiger partial charge in [-0.3, -0.25) is 28.6 Å². The third-order valence-corrected chi connectivity index (χ3v) is 8.90. The van der Waals surface area contributed by atoms with Crippen LogP contribution in [0.1, 0.15) is 38.9 Å². The summed E-state index contributed by atoms with van der Waals surface area (Å²) in [6, 6.07) is -0.196. The van der Waals surface area contributed by atoms with Gasteiger partial charge >= 0.3 is 11.7 Å². The lowest BCUT2D eigenvalue weighted by Crippen LogP contribution is -2.57. The number of aliphatic carboxylic acids is 1. The molecule has 1 fully saturated rings. The molecule has 3 aromatic heterocycles. The molecule has 0 aromatic carbocycles. The molecule has 2 atom stereocenters. The fourth-order valence-electron chi connectivity index (χ4n) is 4.12. The number of anilines is 1. The highest BCUT2D eigenvalue weighted by atomic mass is 32.2. The number of H-pyrrole nitrogens is 1. The molecule has 3 aromatic rings. The number of aromatic amines is 1. The normalized spacial score (nSPS) is 16.1. The minimum atomic E-state index is -4.88. The topological polar surface area (TPSA) is 300 Å². The van der Waals surface area contributed by atoms with Crippen molar-refractivity contribution in [1.82, 2.24) is 28.6 Å². The zero-order valence-electron chi connectivity index (χ0n) is 24.8. The second kappa shape index (κ2) is 12.9. The number of carboxylic acids is 1. The number of hydrogen-bond donors (Lipinski definition) is 5. The van der Waals surface area contributed by atoms with Crippen molar-refractivity contribution in [2.45, 2.75) is 38.8 Å². The Bertz CT molecular complexity index is 2020. The van der Waals surface area contributed by atoms with E-state index in [0.29, 0.717) is 4.90 Å². The number of imide groups is 1. The van der Waals surface area contributed by atoms with Gasteiger partial charge in [-0.25, -0.2) is 23.0 Å². The number of likely N-dealkylation sites (tertiary alicyclic amines) is 1. The quantitative estimate of drug-likeness (QED) is 0.0741. The maximum absolute atomic E-state index is 13.2. The van der Waals surface area contributed by atoms with E-state index < -0.39 is 98.3 Å². The molecule has 252 valence electrons. The van der Waals surface area contributed by atoms with Crippen LogP contribution in [-0.4, -0.2) is 106 Å². The summed E-state index contributed by atoms with van der Waals surface area (Å²) in [5.74, 6) is -7.87. The van der Waals surface area contributed by atoms with Crippen LogP contribution < -0.4 is 16.9 Å². The molecular formula is C25H28N8O12S2. The first-order chi connectivity index (χ1) is 21.9. The Balaban J connectivity index is 1.51. The van der Waals surface area contributed by atoms with E-state index >= 15 is 0 Å². The van der Waals surface area contributed by atoms with E-state index in [0.717, 1.165) is 28.2 Å². The van der Waals surface area contributed by atoms with Crippen LogP contribution >= 0.6 is 11.3 Å². The van der Waals surface area contributed by atoms with Crippen molar-refractivity contribution in [1.29, 1.82) is 0 Å². The number of nitrogens with zero attached hydrogens (tertiary/aromatic N) is 6. The third-order valence-electron chi connectivity index (χ3n) is 6.85. The van der Waals surface area contributed by atoms with Crippen LogP contribution in [-0.2, 0) is 34.0 Å². The molecule has 6 N–H and O–H groups in total. The summed E-state index contributed by atoms with van der Waals surface area (Å²) in [5, 5.41) is 37.3. The number of Topliss-reactive ketones (excluding diaryl/α,β-unsaturated/α-hetero) is 1. The molecular weight excluding hydrogens is 668 g/mol. The zero-order chi connectivity index (χ0) is 35.0. The van der Waals surface area contributed by atoms with Gasteiger partial charge in [-0.2, -0.15) is 0 Å². The fraction of sp³-hybridized carbons (Fsp3) is 0.400. The maximum atomic E-state index is 13.2. The van der Waals surface area contributed by atoms with Gasteiger partial charge in [-0.1, -0.05) is 5.16 Å². The van der Waals surface area contributed by atoms with Gasteiger partial charge in [-0.05, 0) is 20.8 Å². The number of carboxylic acid groups (broad SMARTS) is 1. The number of aliphatic hydroxyl groups is 1. The summed E-state index contributed by atoms with van der Waals surface area (Å²) < 4.78 is 27.1. The second-order valence-corrected chi connectivity index (χ2v) is 13.5. The number of pyridine rings is 1. The van der Waals surface area contributed by atoms with Gasteiger partial charge in [-0.15, -0.1) is 20.5 Å². The van der Waals surface area contributed by atoms with Gasteiger partial charge in [0.2, 0.25) is 22.8 Å². The van der Waals surface area contributed by atoms with Crippen LogP contribution in [0.2, 0.25) is 0 Å². The van der Waals surface area contributed by atoms with Crippen LogP contribution in [0.4, 0.5) is 5.13 Å². The zero-order valence-corrected chi connectivity index (χ0v) is 26.4. The molecule has 0 saturated carbocycles. The van der Waals surface area contributed by atoms with E-state index in [9.17, 15) is 52.5 Å². The number of carbonyl (C=O) groups is 4. The maximum Gasteiger partial charge on any atom is 0.361 e. The van der Waals surface area contributed by atoms with Crippen molar-refractivity contribution in [2.75, 3.05) is 24.6 Å². The molecule has 0 spiro atoms. The average molecular weight is 697 g/mol. The number of oxime groups is 1. The van der Waals surface area contributed by atoms with Crippen molar-refractivity contribution in [2.24, 2.45) is 11.1 Å². The summed E-state index contributed by atoms with van der Waals surface area (Å²) in [4.78, 5) is 87.3. The lowest BCUT2D eigenvalue weighted by Gasteiger charge is -2.36. The molecule has 1 aliphatic heterocycles. The highest BCUT2D eigenvalue weighted by molar-refractivity contribution is 7.90. The predicted molar refractivity (Wildman–Crippen MR) is 161 cm³/mol. The molecule has 0 radical (unpaired) electrons. The van der Waals surface area contributed by atoms with E-state index in [1.807, 2.05) is 0 Å². The van der Waals surface area contributed by atoms with Gasteiger partial charge in [0.05, 0.1) is 24.3 Å². The summed E-state index contributed by atoms with van der Waals surface area (Å²) in [6.07, 6.45) is 0.356. The van der Waals surface area contributed by atoms with E-state index in [-0.39, 0.29) is 27.2 Å². The Morgan fingerprint density at radius 2 is 1.96 bits per heavy atom. The van der Waals surface area contributed by atoms with Gasteiger partial charge in [0.1, 0.15) is 5.69 Å². The highest BCUT2D eigenvalue weighted by Gasteiger charge is 2.44. The number of hydrogen-bond acceptors (Lipinski definition) is 16. The Morgan fingerprint density at radius 1 is 1.28 bits per heavy atom. The fourth-order valence-corrected chi connectivity index (χ4v) is 5.79. The first-order valence-electron chi connectivity index (χ1n) is 13.4. The van der Waals surface area contributed by atoms with E-state index in [1.54, 1.807) is 0 Å². The molecule has 0 unspecified atom stereocenters. The summed E-state index contributed by atoms with van der Waals surface area (Å²) in [5.41, 5.74) is 0.985. The van der Waals surface area contributed by atoms with Gasteiger partial charge in [0.25, 0.3) is 10.0 Å². The van der Waals surface area contributed by atoms with E-state index in [1.165, 1.54) is 26.2 Å². The number of aromatic hydroxyl groups is 1. The first kappa shape index (κ1) is 34.6. The molecule has 0 bridgehead atoms. The predicted octanol–water partition coefficient (Wildman–Crippen LogP) is -1.90. The molecule has 22 heteroatoms. The third kappa shape index (κ3) is 6.97. The monoisotopic (exact) mass is 696 g/mol. The van der Waals surface area contributed by atoms with Gasteiger partial charge in [0, 0.05) is 30.6 Å². The van der Waals surface area contributed by atoms with Gasteiger partial charge < -0.3 is 30.9 Å². The molecule has 4 rings (SSSR count). The molecule has 4 heterocycles. The Morgan fingerprint density at radius 3 is 2.51 bits per heavy atom. The van der Waals surface area contributed by atoms with Crippen LogP contribution in [0.3, 0.4) is 0 Å². The number of β-lactam (4-membered cyclic amide) rings is 1. The smallest absolute Gasteiger partial charge is 0.361 e. The largest absolute Gasteiger partial charge is 0.503 e. The lowest BCUT2D eigenvalue weighted by molar-refractivity contribution is -0.161. The average Bonchev–Trinajstić information content (AvgIpc) is 3.58. The number of aromatic nitrogens is 5. The number of nitrogens with one attached hydrogen (secondary N) is 1. The standard InChI is InChI=1S/C25H28N8O12S2/c1-11(8-34)32-20(13-5-15(35)17(37)6-27-13)29-33(24(32)42)47(43,44)10-18(38)31-7-12(21(31)39)4-16(36)19(14-9-46-23(26)28-14)30-45-25(2,3)22(40)41/h5-6,9,11-12,34,37H,4,7-8,10H2,1-3H3,(H2,26,28)(H,27,35)(H,40,41)/b30-19-/t11-,12+/m1/s1. The Labute approximate surface area is 267 Å². The number of rotatable bonds is 13. The number of ketones is 1.